The van der Waals surface area contributed by atoms with E-state index in [2.05, 4.69) is 0 Å². The summed E-state index contributed by atoms with van der Waals surface area (Å²) in [6.45, 7) is 2.39. The number of carboxylic acid groups (broad SMARTS) is 1. The summed E-state index contributed by atoms with van der Waals surface area (Å²) in [5.74, 6) is -0.808. The van der Waals surface area contributed by atoms with Gasteiger partial charge in [-0.25, -0.2) is 18.9 Å². The van der Waals surface area contributed by atoms with Gasteiger partial charge in [-0.1, -0.05) is 18.2 Å². The largest absolute Gasteiger partial charge is 0.480 e. The van der Waals surface area contributed by atoms with E-state index in [1.165, 1.54) is 17.0 Å². The van der Waals surface area contributed by atoms with E-state index >= 15 is 0 Å². The maximum absolute atomic E-state index is 13.8. The highest BCUT2D eigenvalue weighted by Gasteiger charge is 2.25. The summed E-state index contributed by atoms with van der Waals surface area (Å²) in [6, 6.07) is 13.3. The number of rotatable bonds is 8. The number of carboxylic acids is 1. The van der Waals surface area contributed by atoms with Crippen LogP contribution in [0.5, 0.6) is 0 Å². The standard InChI is InChI=1S/C24H28FNO5/c1-17-4-2-6-21(12-17)26(22-7-3-5-20(25)13-22)24(29)31-15-19-10-8-18(9-11-19)14-30-16-23(27)28/h2-7,12-13,18-19H,8-11,14-16H2,1H3,(H,27,28). The first-order chi connectivity index (χ1) is 14.9. The fourth-order valence-electron chi connectivity index (χ4n) is 3.87. The Bertz CT molecular complexity index is 850. The van der Waals surface area contributed by atoms with Gasteiger partial charge in [0, 0.05) is 0 Å². The highest BCUT2D eigenvalue weighted by molar-refractivity contribution is 5.96. The van der Waals surface area contributed by atoms with E-state index in [0.29, 0.717) is 30.5 Å². The van der Waals surface area contributed by atoms with Crippen LogP contribution >= 0.6 is 0 Å². The molecule has 0 spiro atoms. The number of aryl methyl sites for hydroxylation is 1. The average Bonchev–Trinajstić information content (AvgIpc) is 2.73. The number of ether oxygens (including phenoxy) is 2. The summed E-state index contributed by atoms with van der Waals surface area (Å²) in [5.41, 5.74) is 2.01. The van der Waals surface area contributed by atoms with Gasteiger partial charge in [0.05, 0.1) is 24.6 Å². The van der Waals surface area contributed by atoms with Crippen LogP contribution in [0, 0.1) is 24.6 Å². The molecule has 1 N–H and O–H groups in total. The van der Waals surface area contributed by atoms with Gasteiger partial charge in [-0.15, -0.1) is 0 Å². The quantitative estimate of drug-likeness (QED) is 0.615. The summed E-state index contributed by atoms with van der Waals surface area (Å²) in [7, 11) is 0. The third-order valence-electron chi connectivity index (χ3n) is 5.50. The first-order valence-corrected chi connectivity index (χ1v) is 10.5. The van der Waals surface area contributed by atoms with E-state index in [9.17, 15) is 14.0 Å². The molecule has 1 amide bonds. The van der Waals surface area contributed by atoms with Crippen molar-refractivity contribution >= 4 is 23.4 Å². The van der Waals surface area contributed by atoms with E-state index in [4.69, 9.17) is 14.6 Å². The number of hydrogen-bond acceptors (Lipinski definition) is 4. The zero-order valence-electron chi connectivity index (χ0n) is 17.6. The minimum atomic E-state index is -0.961. The lowest BCUT2D eigenvalue weighted by molar-refractivity contribution is -0.142. The van der Waals surface area contributed by atoms with Crippen LogP contribution in [0.3, 0.4) is 0 Å². The Labute approximate surface area is 181 Å². The molecule has 3 rings (SSSR count). The lowest BCUT2D eigenvalue weighted by Crippen LogP contribution is -2.30. The van der Waals surface area contributed by atoms with Crippen molar-refractivity contribution in [1.82, 2.24) is 0 Å². The van der Waals surface area contributed by atoms with Crippen LogP contribution in [0.15, 0.2) is 48.5 Å². The Hall–Kier alpha value is -2.93. The van der Waals surface area contributed by atoms with E-state index in [1.54, 1.807) is 18.2 Å². The second kappa shape index (κ2) is 10.9. The summed E-state index contributed by atoms with van der Waals surface area (Å²) < 4.78 is 24.6. The molecule has 31 heavy (non-hydrogen) atoms. The van der Waals surface area contributed by atoms with E-state index in [0.717, 1.165) is 31.2 Å². The normalized spacial score (nSPS) is 18.4. The lowest BCUT2D eigenvalue weighted by Gasteiger charge is -2.29. The second-order valence-electron chi connectivity index (χ2n) is 8.03. The van der Waals surface area contributed by atoms with Crippen molar-refractivity contribution in [3.63, 3.8) is 0 Å². The first kappa shape index (κ1) is 22.7. The fourth-order valence-corrected chi connectivity index (χ4v) is 3.87. The van der Waals surface area contributed by atoms with Crippen LogP contribution in [-0.2, 0) is 14.3 Å². The molecule has 0 heterocycles. The first-order valence-electron chi connectivity index (χ1n) is 10.5. The summed E-state index contributed by atoms with van der Waals surface area (Å²) in [4.78, 5) is 24.9. The SMILES string of the molecule is Cc1cccc(N(C(=O)OCC2CCC(COCC(=O)O)CC2)c2cccc(F)c2)c1. The van der Waals surface area contributed by atoms with Crippen LogP contribution in [0.2, 0.25) is 0 Å². The molecule has 0 bridgehead atoms. The molecule has 1 saturated carbocycles. The number of aliphatic carboxylic acids is 1. The van der Waals surface area contributed by atoms with Crippen molar-refractivity contribution in [2.45, 2.75) is 32.6 Å². The lowest BCUT2D eigenvalue weighted by atomic mass is 9.83. The monoisotopic (exact) mass is 429 g/mol. The van der Waals surface area contributed by atoms with Gasteiger partial charge in [-0.2, -0.15) is 0 Å². The molecule has 2 aromatic rings. The van der Waals surface area contributed by atoms with E-state index in [-0.39, 0.29) is 12.5 Å². The van der Waals surface area contributed by atoms with Crippen LogP contribution in [0.4, 0.5) is 20.6 Å². The van der Waals surface area contributed by atoms with Crippen LogP contribution in [0.1, 0.15) is 31.2 Å². The minimum absolute atomic E-state index is 0.242. The highest BCUT2D eigenvalue weighted by Crippen LogP contribution is 2.31. The molecule has 0 radical (unpaired) electrons. The van der Waals surface area contributed by atoms with Gasteiger partial charge in [0.1, 0.15) is 12.4 Å². The molecule has 0 atom stereocenters. The van der Waals surface area contributed by atoms with Gasteiger partial charge < -0.3 is 14.6 Å². The predicted octanol–water partition coefficient (Wildman–Crippen LogP) is 5.32. The van der Waals surface area contributed by atoms with E-state index < -0.39 is 17.9 Å². The molecule has 1 aliphatic carbocycles. The molecular weight excluding hydrogens is 401 g/mol. The van der Waals surface area contributed by atoms with Crippen molar-refractivity contribution in [2.24, 2.45) is 11.8 Å². The summed E-state index contributed by atoms with van der Waals surface area (Å²) in [6.07, 6.45) is 3.06. The molecule has 166 valence electrons. The molecule has 1 fully saturated rings. The molecule has 0 aromatic heterocycles. The Morgan fingerprint density at radius 3 is 2.23 bits per heavy atom. The number of amides is 1. The molecule has 1 aliphatic rings. The Morgan fingerprint density at radius 2 is 1.61 bits per heavy atom. The molecule has 0 unspecified atom stereocenters. The van der Waals surface area contributed by atoms with Crippen molar-refractivity contribution in [3.8, 4) is 0 Å². The second-order valence-corrected chi connectivity index (χ2v) is 8.03. The number of nitrogens with zero attached hydrogens (tertiary/aromatic N) is 1. The summed E-state index contributed by atoms with van der Waals surface area (Å²) in [5, 5.41) is 8.65. The van der Waals surface area contributed by atoms with Crippen molar-refractivity contribution in [3.05, 3.63) is 59.9 Å². The van der Waals surface area contributed by atoms with Crippen molar-refractivity contribution < 1.29 is 28.6 Å². The zero-order chi connectivity index (χ0) is 22.2. The number of carbonyl (C=O) groups excluding carboxylic acids is 1. The van der Waals surface area contributed by atoms with Crippen molar-refractivity contribution in [2.75, 3.05) is 24.7 Å². The number of halogens is 1. The van der Waals surface area contributed by atoms with Gasteiger partial charge in [-0.3, -0.25) is 0 Å². The van der Waals surface area contributed by atoms with Gasteiger partial charge in [0.25, 0.3) is 0 Å². The molecular formula is C24H28FNO5. The van der Waals surface area contributed by atoms with Gasteiger partial charge in [0.15, 0.2) is 0 Å². The molecule has 0 aliphatic heterocycles. The number of hydrogen-bond donors (Lipinski definition) is 1. The minimum Gasteiger partial charge on any atom is -0.480 e. The average molecular weight is 429 g/mol. The number of carbonyl (C=O) groups is 2. The third kappa shape index (κ3) is 6.79. The molecule has 2 aromatic carbocycles. The van der Waals surface area contributed by atoms with Gasteiger partial charge in [0.2, 0.25) is 0 Å². The van der Waals surface area contributed by atoms with Crippen molar-refractivity contribution in [1.29, 1.82) is 0 Å². The number of anilines is 2. The Morgan fingerprint density at radius 1 is 1.00 bits per heavy atom. The molecule has 7 heteroatoms. The Balaban J connectivity index is 1.58. The van der Waals surface area contributed by atoms with Crippen LogP contribution < -0.4 is 4.90 Å². The van der Waals surface area contributed by atoms with Crippen LogP contribution in [0.25, 0.3) is 0 Å². The molecule has 6 nitrogen and oxygen atoms in total. The molecule has 0 saturated heterocycles. The highest BCUT2D eigenvalue weighted by atomic mass is 19.1. The smallest absolute Gasteiger partial charge is 0.418 e. The van der Waals surface area contributed by atoms with Gasteiger partial charge >= 0.3 is 12.1 Å². The van der Waals surface area contributed by atoms with E-state index in [1.807, 2.05) is 25.1 Å². The fraction of sp³-hybridized carbons (Fsp3) is 0.417. The predicted molar refractivity (Wildman–Crippen MR) is 115 cm³/mol. The topological polar surface area (TPSA) is 76.1 Å². The summed E-state index contributed by atoms with van der Waals surface area (Å²) >= 11 is 0. The van der Waals surface area contributed by atoms with Crippen LogP contribution in [-0.4, -0.2) is 37.0 Å². The maximum Gasteiger partial charge on any atom is 0.418 e. The zero-order valence-corrected chi connectivity index (χ0v) is 17.6. The maximum atomic E-state index is 13.8. The number of benzene rings is 2. The Kier molecular flexibility index (Phi) is 8.00. The third-order valence-corrected chi connectivity index (χ3v) is 5.50. The van der Waals surface area contributed by atoms with Gasteiger partial charge in [-0.05, 0) is 80.3 Å².